The predicted octanol–water partition coefficient (Wildman–Crippen LogP) is 4.01. The predicted molar refractivity (Wildman–Crippen MR) is 125 cm³/mol. The van der Waals surface area contributed by atoms with Crippen LogP contribution in [0.2, 0.25) is 0 Å². The Labute approximate surface area is 193 Å². The van der Waals surface area contributed by atoms with Gasteiger partial charge < -0.3 is 5.32 Å². The van der Waals surface area contributed by atoms with Crippen molar-refractivity contribution in [3.05, 3.63) is 59.5 Å². The Morgan fingerprint density at radius 1 is 1.16 bits per heavy atom. The third kappa shape index (κ3) is 3.57. The molecule has 0 spiro atoms. The molecule has 3 amide bonds. The van der Waals surface area contributed by atoms with Crippen molar-refractivity contribution in [2.45, 2.75) is 36.1 Å². The number of carbonyl (C=O) groups is 3. The Hall–Kier alpha value is -3.17. The van der Waals surface area contributed by atoms with E-state index in [1.165, 1.54) is 30.0 Å². The van der Waals surface area contributed by atoms with Crippen LogP contribution in [-0.4, -0.2) is 27.6 Å². The lowest BCUT2D eigenvalue weighted by molar-refractivity contribution is -0.121. The van der Waals surface area contributed by atoms with Crippen molar-refractivity contribution in [2.24, 2.45) is 0 Å². The Balaban J connectivity index is 1.32. The lowest BCUT2D eigenvalue weighted by atomic mass is 10.1. The number of fused-ring (bicyclic) bond motifs is 3. The van der Waals surface area contributed by atoms with E-state index in [-0.39, 0.29) is 17.7 Å². The molecule has 0 aliphatic carbocycles. The second-order valence-electron chi connectivity index (χ2n) is 7.68. The molecular formula is C23H20N4O3S2. The fourth-order valence-electron chi connectivity index (χ4n) is 3.98. The number of thioether (sulfide) groups is 1. The number of hydrogen-bond acceptors (Lipinski definition) is 6. The summed E-state index contributed by atoms with van der Waals surface area (Å²) in [6.45, 7) is 1.97. The molecule has 7 nitrogen and oxygen atoms in total. The van der Waals surface area contributed by atoms with E-state index in [1.807, 2.05) is 53.9 Å². The van der Waals surface area contributed by atoms with E-state index >= 15 is 0 Å². The maximum atomic E-state index is 13.4. The van der Waals surface area contributed by atoms with Crippen LogP contribution < -0.4 is 15.5 Å². The van der Waals surface area contributed by atoms with Crippen LogP contribution in [0, 0.1) is 0 Å². The zero-order valence-corrected chi connectivity index (χ0v) is 18.9. The van der Waals surface area contributed by atoms with Crippen molar-refractivity contribution >= 4 is 51.6 Å². The Morgan fingerprint density at radius 2 is 1.94 bits per heavy atom. The molecule has 1 saturated heterocycles. The van der Waals surface area contributed by atoms with Crippen molar-refractivity contribution in [2.75, 3.05) is 10.2 Å². The van der Waals surface area contributed by atoms with Crippen molar-refractivity contribution < 1.29 is 14.4 Å². The van der Waals surface area contributed by atoms with Gasteiger partial charge in [-0.05, 0) is 24.1 Å². The molecule has 2 aliphatic heterocycles. The molecule has 2 aromatic carbocycles. The molecule has 2 aliphatic rings. The smallest absolute Gasteiger partial charge is 0.263 e. The van der Waals surface area contributed by atoms with Crippen molar-refractivity contribution in [3.8, 4) is 11.3 Å². The second kappa shape index (κ2) is 8.07. The molecule has 32 heavy (non-hydrogen) atoms. The minimum atomic E-state index is -0.960. The highest BCUT2D eigenvalue weighted by Gasteiger charge is 2.57. The summed E-state index contributed by atoms with van der Waals surface area (Å²) in [6.07, 6.45) is 0.813. The Bertz CT molecular complexity index is 1220. The number of benzene rings is 2. The summed E-state index contributed by atoms with van der Waals surface area (Å²) in [6, 6.07) is 15.4. The summed E-state index contributed by atoms with van der Waals surface area (Å²) in [5, 5.41) is 8.10. The summed E-state index contributed by atoms with van der Waals surface area (Å²) in [5.41, 5.74) is 3.48. The molecule has 9 heteroatoms. The number of anilines is 2. The molecule has 0 radical (unpaired) electrons. The van der Waals surface area contributed by atoms with Crippen LogP contribution >= 0.6 is 23.1 Å². The van der Waals surface area contributed by atoms with Gasteiger partial charge in [0.05, 0.1) is 11.4 Å². The number of hydrogen-bond donors (Lipinski definition) is 2. The van der Waals surface area contributed by atoms with E-state index in [4.69, 9.17) is 0 Å². The van der Waals surface area contributed by atoms with Crippen molar-refractivity contribution in [1.29, 1.82) is 0 Å². The standard InChI is InChI=1S/C23H20N4O3S2/c1-14(28)24-12-15-6-8-16(9-7-15)17-13-31-22(25-17)26-21(30)23-11-10-20(29)27(23)18-4-2-3-5-19(18)32-23/h2-9,13H,10-12H2,1H3,(H,24,28)(H,25,26,30). The van der Waals surface area contributed by atoms with Crippen LogP contribution in [0.4, 0.5) is 10.8 Å². The van der Waals surface area contributed by atoms with Gasteiger partial charge in [0, 0.05) is 35.7 Å². The first-order valence-electron chi connectivity index (χ1n) is 10.2. The van der Waals surface area contributed by atoms with Gasteiger partial charge in [0.25, 0.3) is 5.91 Å². The average Bonchev–Trinajstić information content (AvgIpc) is 3.47. The van der Waals surface area contributed by atoms with Gasteiger partial charge in [0.15, 0.2) is 10.0 Å². The number of nitrogens with one attached hydrogen (secondary N) is 2. The molecule has 3 aromatic rings. The fraction of sp³-hybridized carbons (Fsp3) is 0.217. The van der Waals surface area contributed by atoms with Gasteiger partial charge in [-0.1, -0.05) is 48.2 Å². The molecule has 1 atom stereocenters. The van der Waals surface area contributed by atoms with E-state index < -0.39 is 4.87 Å². The van der Waals surface area contributed by atoms with Crippen molar-refractivity contribution in [1.82, 2.24) is 10.3 Å². The maximum Gasteiger partial charge on any atom is 0.263 e. The van der Waals surface area contributed by atoms with Gasteiger partial charge >= 0.3 is 0 Å². The lowest BCUT2D eigenvalue weighted by Crippen LogP contribution is -2.49. The lowest BCUT2D eigenvalue weighted by Gasteiger charge is -2.29. The number of para-hydroxylation sites is 1. The highest BCUT2D eigenvalue weighted by atomic mass is 32.2. The van der Waals surface area contributed by atoms with Gasteiger partial charge in [-0.25, -0.2) is 4.98 Å². The number of carbonyl (C=O) groups excluding carboxylic acids is 3. The number of nitrogens with zero attached hydrogens (tertiary/aromatic N) is 2. The third-order valence-corrected chi connectivity index (χ3v) is 7.78. The van der Waals surface area contributed by atoms with E-state index in [1.54, 1.807) is 4.90 Å². The summed E-state index contributed by atoms with van der Waals surface area (Å²) >= 11 is 2.79. The minimum absolute atomic E-state index is 0.0308. The van der Waals surface area contributed by atoms with Crippen LogP contribution in [0.1, 0.15) is 25.3 Å². The summed E-state index contributed by atoms with van der Waals surface area (Å²) in [4.78, 5) is 43.2. The Morgan fingerprint density at radius 3 is 2.72 bits per heavy atom. The van der Waals surface area contributed by atoms with Crippen molar-refractivity contribution in [3.63, 3.8) is 0 Å². The summed E-state index contributed by atoms with van der Waals surface area (Å²) < 4.78 is 0. The van der Waals surface area contributed by atoms with E-state index in [2.05, 4.69) is 15.6 Å². The molecule has 0 bridgehead atoms. The van der Waals surface area contributed by atoms with Gasteiger partial charge in [0.2, 0.25) is 11.8 Å². The van der Waals surface area contributed by atoms with Gasteiger partial charge in [0.1, 0.15) is 0 Å². The zero-order valence-electron chi connectivity index (χ0n) is 17.3. The fourth-order valence-corrected chi connectivity index (χ4v) is 6.11. The van der Waals surface area contributed by atoms with E-state index in [0.717, 1.165) is 27.4 Å². The molecule has 162 valence electrons. The number of amides is 3. The summed E-state index contributed by atoms with van der Waals surface area (Å²) in [5.74, 6) is -0.327. The second-order valence-corrected chi connectivity index (χ2v) is 9.86. The molecule has 5 rings (SSSR count). The van der Waals surface area contributed by atoms with E-state index in [9.17, 15) is 14.4 Å². The van der Waals surface area contributed by atoms with Crippen LogP contribution in [-0.2, 0) is 20.9 Å². The topological polar surface area (TPSA) is 91.4 Å². The van der Waals surface area contributed by atoms with Crippen LogP contribution in [0.3, 0.4) is 0 Å². The molecule has 0 saturated carbocycles. The third-order valence-electron chi connectivity index (χ3n) is 5.54. The van der Waals surface area contributed by atoms with Crippen LogP contribution in [0.25, 0.3) is 11.3 Å². The maximum absolute atomic E-state index is 13.4. The number of thiazole rings is 1. The monoisotopic (exact) mass is 464 g/mol. The molecule has 2 N–H and O–H groups in total. The van der Waals surface area contributed by atoms with Crippen LogP contribution in [0.15, 0.2) is 58.8 Å². The highest BCUT2D eigenvalue weighted by molar-refractivity contribution is 8.02. The Kier molecular flexibility index (Phi) is 5.22. The quantitative estimate of drug-likeness (QED) is 0.595. The molecule has 1 fully saturated rings. The highest BCUT2D eigenvalue weighted by Crippen LogP contribution is 2.56. The first-order chi connectivity index (χ1) is 15.5. The number of aromatic nitrogens is 1. The SMILES string of the molecule is CC(=O)NCc1ccc(-c2csc(NC(=O)C34CCC(=O)N3c3ccccc3S4)n2)cc1. The first kappa shape index (κ1) is 20.7. The molecular weight excluding hydrogens is 444 g/mol. The molecule has 1 unspecified atom stereocenters. The number of rotatable bonds is 5. The van der Waals surface area contributed by atoms with Crippen LogP contribution in [0.5, 0.6) is 0 Å². The first-order valence-corrected chi connectivity index (χ1v) is 11.9. The molecule has 1 aromatic heterocycles. The van der Waals surface area contributed by atoms with Gasteiger partial charge in [-0.2, -0.15) is 0 Å². The van der Waals surface area contributed by atoms with Gasteiger partial charge in [-0.15, -0.1) is 11.3 Å². The minimum Gasteiger partial charge on any atom is -0.352 e. The average molecular weight is 465 g/mol. The molecule has 3 heterocycles. The zero-order chi connectivity index (χ0) is 22.3. The largest absolute Gasteiger partial charge is 0.352 e. The summed E-state index contributed by atoms with van der Waals surface area (Å²) in [7, 11) is 0. The van der Waals surface area contributed by atoms with Gasteiger partial charge in [-0.3, -0.25) is 24.6 Å². The normalized spacial score (nSPS) is 18.9. The van der Waals surface area contributed by atoms with E-state index in [0.29, 0.717) is 24.5 Å².